The summed E-state index contributed by atoms with van der Waals surface area (Å²) in [5, 5.41) is 6.68. The summed E-state index contributed by atoms with van der Waals surface area (Å²) in [5.74, 6) is 1.52. The normalized spacial score (nSPS) is 15.6. The minimum atomic E-state index is -3.51. The highest BCUT2D eigenvalue weighted by molar-refractivity contribution is 7.89. The van der Waals surface area contributed by atoms with Crippen molar-refractivity contribution in [2.24, 2.45) is 0 Å². The third-order valence-corrected chi connectivity index (χ3v) is 7.04. The topological polar surface area (TPSA) is 88.7 Å². The first-order chi connectivity index (χ1) is 15.4. The lowest BCUT2D eigenvalue weighted by Crippen LogP contribution is -2.39. The maximum Gasteiger partial charge on any atom is 0.240 e. The Balaban J connectivity index is 1.46. The number of methoxy groups -OCH3 is 1. The average molecular weight is 478 g/mol. The first-order valence-electron chi connectivity index (χ1n) is 10.8. The highest BCUT2D eigenvalue weighted by Crippen LogP contribution is 2.21. The molecule has 1 fully saturated rings. The number of rotatable bonds is 9. The Morgan fingerprint density at radius 1 is 1.03 bits per heavy atom. The van der Waals surface area contributed by atoms with E-state index in [1.165, 1.54) is 6.42 Å². The fraction of sp³-hybridized carbons (Fsp3) is 0.435. The molecule has 32 heavy (non-hydrogen) atoms. The molecule has 1 unspecified atom stereocenters. The number of sulfonamides is 1. The second kappa shape index (κ2) is 11.5. The van der Waals surface area contributed by atoms with Gasteiger partial charge in [-0.2, -0.15) is 0 Å². The van der Waals surface area contributed by atoms with Crippen molar-refractivity contribution in [2.45, 2.75) is 56.0 Å². The molecule has 1 aliphatic rings. The maximum absolute atomic E-state index is 12.6. The van der Waals surface area contributed by atoms with Gasteiger partial charge in [0.2, 0.25) is 10.0 Å². The van der Waals surface area contributed by atoms with Gasteiger partial charge in [0.25, 0.3) is 0 Å². The molecule has 9 heteroatoms. The number of hydrogen-bond donors (Lipinski definition) is 3. The lowest BCUT2D eigenvalue weighted by Gasteiger charge is -2.22. The molecule has 2 aromatic carbocycles. The molecular formula is C23H31N3O4S2. The van der Waals surface area contributed by atoms with E-state index in [1.54, 1.807) is 31.4 Å². The van der Waals surface area contributed by atoms with Crippen LogP contribution >= 0.6 is 12.2 Å². The van der Waals surface area contributed by atoms with Crippen LogP contribution in [-0.2, 0) is 10.0 Å². The summed E-state index contributed by atoms with van der Waals surface area (Å²) in [6, 6.07) is 14.0. The molecule has 0 saturated heterocycles. The molecule has 3 rings (SSSR count). The van der Waals surface area contributed by atoms with Crippen molar-refractivity contribution in [3.8, 4) is 11.5 Å². The summed E-state index contributed by atoms with van der Waals surface area (Å²) in [6.45, 7) is 2.39. The fourth-order valence-corrected chi connectivity index (χ4v) is 5.18. The Bertz CT molecular complexity index is 973. The van der Waals surface area contributed by atoms with E-state index in [2.05, 4.69) is 15.4 Å². The van der Waals surface area contributed by atoms with Crippen LogP contribution in [0.25, 0.3) is 0 Å². The molecule has 1 atom stereocenters. The maximum atomic E-state index is 12.6. The second-order valence-electron chi connectivity index (χ2n) is 7.97. The molecule has 1 aliphatic carbocycles. The summed E-state index contributed by atoms with van der Waals surface area (Å²) in [7, 11) is -1.89. The largest absolute Gasteiger partial charge is 0.497 e. The zero-order chi connectivity index (χ0) is 23.0. The standard InChI is InChI=1S/C23H31N3O4S2/c1-17(16-30-21-12-10-20(29-2)11-13-21)24-23(31)25-18-8-14-22(15-9-18)32(27,28)26-19-6-4-3-5-7-19/h8-15,17,19,26H,3-7,16H2,1-2H3,(H2,24,25,31). The van der Waals surface area contributed by atoms with Gasteiger partial charge in [-0.05, 0) is 80.5 Å². The lowest BCUT2D eigenvalue weighted by atomic mass is 9.96. The second-order valence-corrected chi connectivity index (χ2v) is 10.1. The van der Waals surface area contributed by atoms with Gasteiger partial charge in [-0.15, -0.1) is 0 Å². The number of benzene rings is 2. The zero-order valence-electron chi connectivity index (χ0n) is 18.5. The molecule has 7 nitrogen and oxygen atoms in total. The molecule has 3 N–H and O–H groups in total. The molecule has 0 amide bonds. The Hall–Kier alpha value is -2.36. The summed E-state index contributed by atoms with van der Waals surface area (Å²) in [6.07, 6.45) is 5.13. The van der Waals surface area contributed by atoms with Crippen molar-refractivity contribution in [1.29, 1.82) is 0 Å². The summed E-state index contributed by atoms with van der Waals surface area (Å²) >= 11 is 5.37. The molecule has 1 saturated carbocycles. The molecule has 0 aromatic heterocycles. The number of ether oxygens (including phenoxy) is 2. The van der Waals surface area contributed by atoms with Crippen LogP contribution in [-0.4, -0.2) is 39.3 Å². The van der Waals surface area contributed by atoms with E-state index in [4.69, 9.17) is 21.7 Å². The summed E-state index contributed by atoms with van der Waals surface area (Å²) in [5.41, 5.74) is 0.711. The molecule has 0 bridgehead atoms. The number of thiocarbonyl (C=S) groups is 1. The monoisotopic (exact) mass is 477 g/mol. The van der Waals surface area contributed by atoms with Crippen molar-refractivity contribution >= 4 is 33.0 Å². The third kappa shape index (κ3) is 7.36. The molecule has 0 radical (unpaired) electrons. The van der Waals surface area contributed by atoms with Crippen molar-refractivity contribution in [1.82, 2.24) is 10.0 Å². The van der Waals surface area contributed by atoms with Crippen molar-refractivity contribution in [3.63, 3.8) is 0 Å². The van der Waals surface area contributed by atoms with Gasteiger partial charge < -0.3 is 20.1 Å². The van der Waals surface area contributed by atoms with E-state index in [0.29, 0.717) is 17.4 Å². The quantitative estimate of drug-likeness (QED) is 0.469. The lowest BCUT2D eigenvalue weighted by molar-refractivity contribution is 0.286. The van der Waals surface area contributed by atoms with Crippen LogP contribution in [0.5, 0.6) is 11.5 Å². The van der Waals surface area contributed by atoms with Crippen LogP contribution < -0.4 is 24.8 Å². The van der Waals surface area contributed by atoms with E-state index in [1.807, 2.05) is 31.2 Å². The minimum Gasteiger partial charge on any atom is -0.497 e. The highest BCUT2D eigenvalue weighted by atomic mass is 32.2. The van der Waals surface area contributed by atoms with Gasteiger partial charge in [-0.3, -0.25) is 0 Å². The number of anilines is 1. The zero-order valence-corrected chi connectivity index (χ0v) is 20.1. The van der Waals surface area contributed by atoms with E-state index in [0.717, 1.165) is 37.2 Å². The van der Waals surface area contributed by atoms with Crippen LogP contribution in [0.1, 0.15) is 39.0 Å². The predicted molar refractivity (Wildman–Crippen MR) is 131 cm³/mol. The predicted octanol–water partition coefficient (Wildman–Crippen LogP) is 4.06. The van der Waals surface area contributed by atoms with Gasteiger partial charge in [0.05, 0.1) is 18.0 Å². The van der Waals surface area contributed by atoms with Crippen LogP contribution in [0, 0.1) is 0 Å². The Morgan fingerprint density at radius 3 is 2.28 bits per heavy atom. The Kier molecular flexibility index (Phi) is 8.72. The number of hydrogen-bond acceptors (Lipinski definition) is 5. The molecule has 0 heterocycles. The van der Waals surface area contributed by atoms with Crippen molar-refractivity contribution in [3.05, 3.63) is 48.5 Å². The van der Waals surface area contributed by atoms with Gasteiger partial charge >= 0.3 is 0 Å². The first-order valence-corrected chi connectivity index (χ1v) is 12.7. The van der Waals surface area contributed by atoms with Crippen LogP contribution in [0.4, 0.5) is 5.69 Å². The molecule has 0 spiro atoms. The van der Waals surface area contributed by atoms with Gasteiger partial charge in [0.15, 0.2) is 5.11 Å². The first kappa shape index (κ1) is 24.3. The smallest absolute Gasteiger partial charge is 0.240 e. The Labute approximate surface area is 195 Å². The average Bonchev–Trinajstić information content (AvgIpc) is 2.78. The summed E-state index contributed by atoms with van der Waals surface area (Å²) in [4.78, 5) is 0.258. The van der Waals surface area contributed by atoms with Crippen molar-refractivity contribution < 1.29 is 17.9 Å². The molecular weight excluding hydrogens is 446 g/mol. The van der Waals surface area contributed by atoms with Gasteiger partial charge in [-0.25, -0.2) is 13.1 Å². The van der Waals surface area contributed by atoms with Gasteiger partial charge in [-0.1, -0.05) is 19.3 Å². The van der Waals surface area contributed by atoms with Crippen LogP contribution in [0.3, 0.4) is 0 Å². The van der Waals surface area contributed by atoms with Gasteiger partial charge in [0.1, 0.15) is 18.1 Å². The Morgan fingerprint density at radius 2 is 1.66 bits per heavy atom. The molecule has 2 aromatic rings. The summed E-state index contributed by atoms with van der Waals surface area (Å²) < 4.78 is 38.9. The minimum absolute atomic E-state index is 0.0311. The van der Waals surface area contributed by atoms with Gasteiger partial charge in [0, 0.05) is 11.7 Å². The van der Waals surface area contributed by atoms with Crippen LogP contribution in [0.15, 0.2) is 53.4 Å². The van der Waals surface area contributed by atoms with Crippen molar-refractivity contribution in [2.75, 3.05) is 19.0 Å². The van der Waals surface area contributed by atoms with E-state index >= 15 is 0 Å². The SMILES string of the molecule is COc1ccc(OCC(C)NC(=S)Nc2ccc(S(=O)(=O)NC3CCCCC3)cc2)cc1. The van der Waals surface area contributed by atoms with E-state index in [-0.39, 0.29) is 17.0 Å². The van der Waals surface area contributed by atoms with E-state index < -0.39 is 10.0 Å². The fourth-order valence-electron chi connectivity index (χ4n) is 3.55. The molecule has 0 aliphatic heterocycles. The molecule has 174 valence electrons. The third-order valence-electron chi connectivity index (χ3n) is 5.29. The highest BCUT2D eigenvalue weighted by Gasteiger charge is 2.21. The van der Waals surface area contributed by atoms with E-state index in [9.17, 15) is 8.42 Å². The number of nitrogens with one attached hydrogen (secondary N) is 3. The van der Waals surface area contributed by atoms with Crippen LogP contribution in [0.2, 0.25) is 0 Å².